The Hall–Kier alpha value is -3.33. The largest absolute Gasteiger partial charge is 0.342 e. The normalized spacial score (nSPS) is 10.8. The predicted octanol–water partition coefficient (Wildman–Crippen LogP) is 3.32. The van der Waals surface area contributed by atoms with Gasteiger partial charge in [-0.3, -0.25) is 9.78 Å². The molecule has 0 atom stereocenters. The molecule has 0 radical (unpaired) electrons. The zero-order chi connectivity index (χ0) is 19.5. The van der Waals surface area contributed by atoms with Gasteiger partial charge in [-0.1, -0.05) is 27.2 Å². The number of halogens is 1. The summed E-state index contributed by atoms with van der Waals surface area (Å²) >= 11 is 3.41. The van der Waals surface area contributed by atoms with Gasteiger partial charge in [-0.05, 0) is 43.3 Å². The molecular formula is C19H15BrN6O2. The number of carbonyl (C=O) groups is 1. The highest BCUT2D eigenvalue weighted by molar-refractivity contribution is 9.10. The van der Waals surface area contributed by atoms with Crippen molar-refractivity contribution in [3.8, 4) is 17.1 Å². The van der Waals surface area contributed by atoms with Crippen molar-refractivity contribution in [1.82, 2.24) is 30.2 Å². The van der Waals surface area contributed by atoms with Crippen molar-refractivity contribution in [2.45, 2.75) is 13.5 Å². The van der Waals surface area contributed by atoms with E-state index >= 15 is 0 Å². The second kappa shape index (κ2) is 7.73. The maximum Gasteiger partial charge on any atom is 0.316 e. The molecule has 0 bridgehead atoms. The summed E-state index contributed by atoms with van der Waals surface area (Å²) in [5.74, 6) is -0.257. The van der Waals surface area contributed by atoms with Crippen LogP contribution in [0.2, 0.25) is 0 Å². The molecule has 0 aliphatic carbocycles. The van der Waals surface area contributed by atoms with Gasteiger partial charge in [0.15, 0.2) is 0 Å². The molecule has 3 heterocycles. The van der Waals surface area contributed by atoms with Gasteiger partial charge in [-0.15, -0.1) is 0 Å². The minimum absolute atomic E-state index is 0.110. The van der Waals surface area contributed by atoms with Crippen LogP contribution in [-0.2, 0) is 6.54 Å². The topological polar surface area (TPSA) is 98.7 Å². The fourth-order valence-electron chi connectivity index (χ4n) is 2.58. The zero-order valence-electron chi connectivity index (χ0n) is 14.8. The lowest BCUT2D eigenvalue weighted by Gasteiger charge is -2.00. The number of aryl methyl sites for hydroxylation is 1. The fraction of sp³-hybridized carbons (Fsp3) is 0.105. The summed E-state index contributed by atoms with van der Waals surface area (Å²) in [5, 5.41) is 11.1. The van der Waals surface area contributed by atoms with E-state index in [-0.39, 0.29) is 12.4 Å². The Morgan fingerprint density at radius 2 is 2.04 bits per heavy atom. The summed E-state index contributed by atoms with van der Waals surface area (Å²) in [4.78, 5) is 20.6. The number of hydrogen-bond donors (Lipinski definition) is 1. The van der Waals surface area contributed by atoms with Gasteiger partial charge in [0.05, 0.1) is 29.2 Å². The van der Waals surface area contributed by atoms with Crippen molar-refractivity contribution in [3.63, 3.8) is 0 Å². The zero-order valence-corrected chi connectivity index (χ0v) is 16.4. The summed E-state index contributed by atoms with van der Waals surface area (Å²) in [7, 11) is 0. The number of carbonyl (C=O) groups excluding carboxylic acids is 1. The van der Waals surface area contributed by atoms with E-state index in [1.807, 2.05) is 49.4 Å². The van der Waals surface area contributed by atoms with Gasteiger partial charge >= 0.3 is 11.8 Å². The molecule has 0 aliphatic heterocycles. The Kier molecular flexibility index (Phi) is 4.98. The molecule has 1 aromatic carbocycles. The maximum absolute atomic E-state index is 12.2. The SMILES string of the molecule is Cc1nn(-c2ccc(Br)cc2)cc1-c1noc(C(=O)NCc2ccccn2)n1. The standard InChI is InChI=1S/C19H15BrN6O2/c1-12-16(11-26(24-12)15-7-5-13(20)6-8-15)17-23-19(28-25-17)18(27)22-10-14-4-2-3-9-21-14/h2-9,11H,10H2,1H3,(H,22,27). The Labute approximate surface area is 168 Å². The monoisotopic (exact) mass is 438 g/mol. The van der Waals surface area contributed by atoms with Gasteiger partial charge in [-0.2, -0.15) is 10.1 Å². The van der Waals surface area contributed by atoms with Crippen LogP contribution in [0.5, 0.6) is 0 Å². The van der Waals surface area contributed by atoms with Gasteiger partial charge in [0, 0.05) is 16.9 Å². The number of benzene rings is 1. The van der Waals surface area contributed by atoms with Crippen molar-refractivity contribution in [1.29, 1.82) is 0 Å². The van der Waals surface area contributed by atoms with E-state index in [2.05, 4.69) is 41.5 Å². The summed E-state index contributed by atoms with van der Waals surface area (Å²) in [6.45, 7) is 2.12. The highest BCUT2D eigenvalue weighted by Gasteiger charge is 2.19. The lowest BCUT2D eigenvalue weighted by molar-refractivity contribution is 0.0906. The summed E-state index contributed by atoms with van der Waals surface area (Å²) in [5.41, 5.74) is 3.05. The molecule has 9 heteroatoms. The van der Waals surface area contributed by atoms with Crippen molar-refractivity contribution < 1.29 is 9.32 Å². The number of pyridine rings is 1. The Balaban J connectivity index is 1.51. The van der Waals surface area contributed by atoms with Crippen LogP contribution in [0.4, 0.5) is 0 Å². The molecule has 0 aliphatic rings. The van der Waals surface area contributed by atoms with Crippen LogP contribution in [0.25, 0.3) is 17.1 Å². The third kappa shape index (κ3) is 3.84. The van der Waals surface area contributed by atoms with Gasteiger partial charge in [0.1, 0.15) is 0 Å². The molecule has 8 nitrogen and oxygen atoms in total. The summed E-state index contributed by atoms with van der Waals surface area (Å²) in [6.07, 6.45) is 3.47. The smallest absolute Gasteiger partial charge is 0.316 e. The van der Waals surface area contributed by atoms with Crippen molar-refractivity contribution in [2.75, 3.05) is 0 Å². The molecule has 3 aromatic heterocycles. The molecule has 0 saturated carbocycles. The molecule has 4 rings (SSSR count). The highest BCUT2D eigenvalue weighted by atomic mass is 79.9. The van der Waals surface area contributed by atoms with Gasteiger partial charge < -0.3 is 9.84 Å². The first kappa shape index (κ1) is 18.1. The van der Waals surface area contributed by atoms with E-state index < -0.39 is 5.91 Å². The minimum atomic E-state index is -0.456. The van der Waals surface area contributed by atoms with E-state index in [1.54, 1.807) is 17.1 Å². The quantitative estimate of drug-likeness (QED) is 0.512. The van der Waals surface area contributed by atoms with Crippen LogP contribution in [0, 0.1) is 6.92 Å². The van der Waals surface area contributed by atoms with E-state index in [1.165, 1.54) is 0 Å². The number of hydrogen-bond acceptors (Lipinski definition) is 6. The van der Waals surface area contributed by atoms with E-state index in [0.717, 1.165) is 21.5 Å². The highest BCUT2D eigenvalue weighted by Crippen LogP contribution is 2.22. The molecular weight excluding hydrogens is 424 g/mol. The molecule has 1 N–H and O–H groups in total. The Morgan fingerprint density at radius 1 is 1.21 bits per heavy atom. The van der Waals surface area contributed by atoms with E-state index in [9.17, 15) is 4.79 Å². The molecule has 0 fully saturated rings. The van der Waals surface area contributed by atoms with Crippen LogP contribution in [-0.4, -0.2) is 30.8 Å². The molecule has 0 spiro atoms. The molecule has 4 aromatic rings. The molecule has 0 unspecified atom stereocenters. The van der Waals surface area contributed by atoms with Crippen molar-refractivity contribution in [3.05, 3.63) is 76.6 Å². The molecule has 0 saturated heterocycles. The number of nitrogens with zero attached hydrogens (tertiary/aromatic N) is 5. The van der Waals surface area contributed by atoms with Gasteiger partial charge in [0.2, 0.25) is 5.82 Å². The number of rotatable bonds is 5. The first-order valence-electron chi connectivity index (χ1n) is 8.44. The first-order chi connectivity index (χ1) is 13.6. The van der Waals surface area contributed by atoms with Crippen LogP contribution < -0.4 is 5.32 Å². The van der Waals surface area contributed by atoms with Gasteiger partial charge in [0.25, 0.3) is 0 Å². The number of nitrogens with one attached hydrogen (secondary N) is 1. The Bertz CT molecular complexity index is 1110. The Morgan fingerprint density at radius 3 is 2.79 bits per heavy atom. The number of aromatic nitrogens is 5. The van der Waals surface area contributed by atoms with Gasteiger partial charge in [-0.25, -0.2) is 4.68 Å². The number of amides is 1. The van der Waals surface area contributed by atoms with Crippen molar-refractivity contribution in [2.24, 2.45) is 0 Å². The van der Waals surface area contributed by atoms with Crippen LogP contribution >= 0.6 is 15.9 Å². The van der Waals surface area contributed by atoms with Crippen LogP contribution in [0.15, 0.2) is 63.9 Å². The minimum Gasteiger partial charge on any atom is -0.342 e. The molecule has 140 valence electrons. The second-order valence-corrected chi connectivity index (χ2v) is 6.89. The lowest BCUT2D eigenvalue weighted by Crippen LogP contribution is -2.23. The predicted molar refractivity (Wildman–Crippen MR) is 105 cm³/mol. The lowest BCUT2D eigenvalue weighted by atomic mass is 10.2. The maximum atomic E-state index is 12.2. The fourth-order valence-corrected chi connectivity index (χ4v) is 2.84. The van der Waals surface area contributed by atoms with Crippen LogP contribution in [0.1, 0.15) is 22.1 Å². The van der Waals surface area contributed by atoms with Crippen LogP contribution in [0.3, 0.4) is 0 Å². The average Bonchev–Trinajstić information content (AvgIpc) is 3.34. The third-order valence-electron chi connectivity index (χ3n) is 4.01. The van der Waals surface area contributed by atoms with E-state index in [4.69, 9.17) is 4.52 Å². The second-order valence-electron chi connectivity index (χ2n) is 5.98. The average molecular weight is 439 g/mol. The summed E-state index contributed by atoms with van der Waals surface area (Å²) in [6, 6.07) is 13.2. The third-order valence-corrected chi connectivity index (χ3v) is 4.54. The van der Waals surface area contributed by atoms with Crippen molar-refractivity contribution >= 4 is 21.8 Å². The molecule has 1 amide bonds. The molecule has 28 heavy (non-hydrogen) atoms. The summed E-state index contributed by atoms with van der Waals surface area (Å²) < 4.78 is 7.83. The first-order valence-corrected chi connectivity index (χ1v) is 9.24. The van der Waals surface area contributed by atoms with E-state index in [0.29, 0.717) is 11.4 Å².